The summed E-state index contributed by atoms with van der Waals surface area (Å²) in [4.78, 5) is 0. The molecule has 5 heteroatoms. The van der Waals surface area contributed by atoms with Gasteiger partial charge in [0, 0.05) is 36.2 Å². The number of fused-ring (bicyclic) bond motifs is 2. The smallest absolute Gasteiger partial charge is 0.201 e. The summed E-state index contributed by atoms with van der Waals surface area (Å²) in [5.41, 5.74) is 2.63. The third-order valence-corrected chi connectivity index (χ3v) is 3.93. The second-order valence-corrected chi connectivity index (χ2v) is 5.11. The van der Waals surface area contributed by atoms with Gasteiger partial charge in [0.05, 0.1) is 0 Å². The third-order valence-electron chi connectivity index (χ3n) is 3.93. The first-order valence-corrected chi connectivity index (χ1v) is 6.41. The first-order chi connectivity index (χ1) is 9.65. The van der Waals surface area contributed by atoms with Crippen LogP contribution in [0.3, 0.4) is 0 Å². The van der Waals surface area contributed by atoms with Crippen molar-refractivity contribution in [1.29, 1.82) is 0 Å². The van der Waals surface area contributed by atoms with Crippen LogP contribution >= 0.6 is 0 Å². The Morgan fingerprint density at radius 3 is 2.95 bits per heavy atom. The molecule has 4 nitrogen and oxygen atoms in total. The average Bonchev–Trinajstić information content (AvgIpc) is 2.43. The van der Waals surface area contributed by atoms with Crippen LogP contribution in [0, 0.1) is 5.82 Å². The monoisotopic (exact) mass is 273 g/mol. The molecule has 1 atom stereocenters. The molecular weight excluding hydrogens is 261 g/mol. The second-order valence-electron chi connectivity index (χ2n) is 5.11. The Bertz CT molecular complexity index is 730. The van der Waals surface area contributed by atoms with E-state index in [0.717, 1.165) is 16.7 Å². The number of benzene rings is 2. The maximum absolute atomic E-state index is 13.6. The van der Waals surface area contributed by atoms with Crippen LogP contribution in [0.1, 0.15) is 22.6 Å². The van der Waals surface area contributed by atoms with Gasteiger partial charge in [0.25, 0.3) is 0 Å². The summed E-state index contributed by atoms with van der Waals surface area (Å²) in [6.07, 6.45) is 0. The highest BCUT2D eigenvalue weighted by molar-refractivity contribution is 5.64. The molecule has 3 N–H and O–H groups in total. The molecule has 2 aliphatic rings. The van der Waals surface area contributed by atoms with Crippen LogP contribution in [0.25, 0.3) is 0 Å². The van der Waals surface area contributed by atoms with E-state index in [9.17, 15) is 14.6 Å². The molecular formula is C15H12FNO3. The number of ether oxygens (including phenoxy) is 1. The Morgan fingerprint density at radius 2 is 2.10 bits per heavy atom. The minimum Gasteiger partial charge on any atom is -0.504 e. The fraction of sp³-hybridized carbons (Fsp3) is 0.200. The molecule has 2 aliphatic heterocycles. The van der Waals surface area contributed by atoms with E-state index in [-0.39, 0.29) is 29.0 Å². The van der Waals surface area contributed by atoms with Gasteiger partial charge in [-0.05, 0) is 17.7 Å². The van der Waals surface area contributed by atoms with Crippen molar-refractivity contribution in [2.24, 2.45) is 0 Å². The molecule has 0 saturated carbocycles. The summed E-state index contributed by atoms with van der Waals surface area (Å²) in [7, 11) is 0. The molecule has 0 spiro atoms. The maximum Gasteiger partial charge on any atom is 0.201 e. The quantitative estimate of drug-likeness (QED) is 0.646. The molecule has 0 aromatic heterocycles. The lowest BCUT2D eigenvalue weighted by Gasteiger charge is -2.34. The lowest BCUT2D eigenvalue weighted by atomic mass is 9.82. The zero-order valence-corrected chi connectivity index (χ0v) is 10.5. The second kappa shape index (κ2) is 3.86. The van der Waals surface area contributed by atoms with Gasteiger partial charge in [0.1, 0.15) is 11.6 Å². The molecule has 20 heavy (non-hydrogen) atoms. The number of aromatic hydroxyl groups is 2. The number of hydrogen-bond donors (Lipinski definition) is 3. The molecule has 102 valence electrons. The van der Waals surface area contributed by atoms with Crippen LogP contribution in [0.2, 0.25) is 0 Å². The summed E-state index contributed by atoms with van der Waals surface area (Å²) in [5.74, 6) is -0.298. The standard InChI is InChI=1S/C15H12FNO3/c16-8-3-7-5-17-6-10-9-1-2-11(18)14(19)15(9)20-12(4-8)13(7)10/h1-4,10,17-19H,5-6H2. The van der Waals surface area contributed by atoms with Crippen molar-refractivity contribution in [3.8, 4) is 23.0 Å². The number of halogens is 1. The van der Waals surface area contributed by atoms with Crippen LogP contribution in [-0.2, 0) is 6.54 Å². The fourth-order valence-electron chi connectivity index (χ4n) is 3.06. The Morgan fingerprint density at radius 1 is 1.25 bits per heavy atom. The summed E-state index contributed by atoms with van der Waals surface area (Å²) in [6, 6.07) is 6.01. The van der Waals surface area contributed by atoms with E-state index < -0.39 is 0 Å². The molecule has 0 radical (unpaired) electrons. The van der Waals surface area contributed by atoms with Gasteiger partial charge in [-0.3, -0.25) is 0 Å². The van der Waals surface area contributed by atoms with Gasteiger partial charge < -0.3 is 20.3 Å². The van der Waals surface area contributed by atoms with Crippen LogP contribution in [-0.4, -0.2) is 16.8 Å². The van der Waals surface area contributed by atoms with Crippen LogP contribution in [0.5, 0.6) is 23.0 Å². The van der Waals surface area contributed by atoms with E-state index >= 15 is 0 Å². The number of nitrogens with one attached hydrogen (secondary N) is 1. The number of phenolic OH excluding ortho intramolecular Hbond substituents is 2. The highest BCUT2D eigenvalue weighted by Crippen LogP contribution is 2.52. The van der Waals surface area contributed by atoms with Gasteiger partial charge in [-0.15, -0.1) is 0 Å². The minimum absolute atomic E-state index is 0.00963. The van der Waals surface area contributed by atoms with Crippen molar-refractivity contribution < 1.29 is 19.3 Å². The molecule has 2 aromatic carbocycles. The lowest BCUT2D eigenvalue weighted by molar-refractivity contribution is 0.356. The van der Waals surface area contributed by atoms with E-state index in [2.05, 4.69) is 5.32 Å². The average molecular weight is 273 g/mol. The first-order valence-electron chi connectivity index (χ1n) is 6.41. The lowest BCUT2D eigenvalue weighted by Crippen LogP contribution is -2.31. The van der Waals surface area contributed by atoms with Crippen molar-refractivity contribution >= 4 is 0 Å². The van der Waals surface area contributed by atoms with Crippen molar-refractivity contribution in [2.45, 2.75) is 12.5 Å². The predicted octanol–water partition coefficient (Wildman–Crippen LogP) is 2.58. The van der Waals surface area contributed by atoms with Gasteiger partial charge in [-0.2, -0.15) is 0 Å². The van der Waals surface area contributed by atoms with E-state index in [4.69, 9.17) is 4.74 Å². The third kappa shape index (κ3) is 1.44. The number of hydrogen-bond acceptors (Lipinski definition) is 4. The molecule has 2 aromatic rings. The van der Waals surface area contributed by atoms with E-state index in [0.29, 0.717) is 18.8 Å². The fourth-order valence-corrected chi connectivity index (χ4v) is 3.06. The van der Waals surface area contributed by atoms with Gasteiger partial charge in [-0.1, -0.05) is 6.07 Å². The topological polar surface area (TPSA) is 61.7 Å². The minimum atomic E-state index is -0.371. The zero-order valence-electron chi connectivity index (χ0n) is 10.5. The number of rotatable bonds is 0. The normalized spacial score (nSPS) is 18.9. The number of phenols is 2. The summed E-state index contributed by atoms with van der Waals surface area (Å²) < 4.78 is 19.3. The molecule has 1 unspecified atom stereocenters. The Hall–Kier alpha value is -2.27. The molecule has 0 amide bonds. The summed E-state index contributed by atoms with van der Waals surface area (Å²) in [5, 5.41) is 22.8. The van der Waals surface area contributed by atoms with Gasteiger partial charge in [-0.25, -0.2) is 4.39 Å². The SMILES string of the molecule is Oc1ccc2c(c1O)Oc1cc(F)cc3c1C2CNC3. The van der Waals surface area contributed by atoms with Gasteiger partial charge in [0.15, 0.2) is 11.5 Å². The Labute approximate surface area is 114 Å². The first kappa shape index (κ1) is 11.5. The van der Waals surface area contributed by atoms with Crippen molar-refractivity contribution in [3.05, 3.63) is 46.8 Å². The van der Waals surface area contributed by atoms with E-state index in [1.54, 1.807) is 6.07 Å². The van der Waals surface area contributed by atoms with Crippen LogP contribution in [0.4, 0.5) is 4.39 Å². The molecule has 4 rings (SSSR count). The largest absolute Gasteiger partial charge is 0.504 e. The highest BCUT2D eigenvalue weighted by Gasteiger charge is 2.34. The predicted molar refractivity (Wildman–Crippen MR) is 69.8 cm³/mol. The zero-order chi connectivity index (χ0) is 13.9. The Kier molecular flexibility index (Phi) is 2.23. The summed E-state index contributed by atoms with van der Waals surface area (Å²) >= 11 is 0. The molecule has 0 saturated heterocycles. The van der Waals surface area contributed by atoms with Crippen LogP contribution < -0.4 is 10.1 Å². The van der Waals surface area contributed by atoms with Crippen molar-refractivity contribution in [2.75, 3.05) is 6.54 Å². The maximum atomic E-state index is 13.6. The van der Waals surface area contributed by atoms with Crippen molar-refractivity contribution in [1.82, 2.24) is 5.32 Å². The van der Waals surface area contributed by atoms with Crippen molar-refractivity contribution in [3.63, 3.8) is 0 Å². The van der Waals surface area contributed by atoms with Crippen LogP contribution in [0.15, 0.2) is 24.3 Å². The summed E-state index contributed by atoms with van der Waals surface area (Å²) in [6.45, 7) is 1.28. The Balaban J connectivity index is 1.99. The van der Waals surface area contributed by atoms with E-state index in [1.165, 1.54) is 18.2 Å². The molecule has 0 fully saturated rings. The molecule has 2 heterocycles. The van der Waals surface area contributed by atoms with Gasteiger partial charge >= 0.3 is 0 Å². The van der Waals surface area contributed by atoms with E-state index in [1.807, 2.05) is 0 Å². The highest BCUT2D eigenvalue weighted by atomic mass is 19.1. The molecule has 0 bridgehead atoms. The van der Waals surface area contributed by atoms with Gasteiger partial charge in [0.2, 0.25) is 5.75 Å². The molecule has 0 aliphatic carbocycles.